The highest BCUT2D eigenvalue weighted by atomic mass is 16.5. The number of nitriles is 1. The van der Waals surface area contributed by atoms with E-state index in [1.165, 1.54) is 5.56 Å². The maximum absolute atomic E-state index is 14.0. The summed E-state index contributed by atoms with van der Waals surface area (Å²) in [4.78, 5) is 15.7. The van der Waals surface area contributed by atoms with E-state index in [1.54, 1.807) is 11.9 Å². The monoisotopic (exact) mass is 503 g/mol. The van der Waals surface area contributed by atoms with E-state index in [4.69, 9.17) is 4.74 Å². The molecule has 2 heterocycles. The number of amides is 1. The molecule has 2 unspecified atom stereocenters. The molecular weight excluding hydrogens is 470 g/mol. The van der Waals surface area contributed by atoms with Gasteiger partial charge in [0.05, 0.1) is 17.2 Å². The van der Waals surface area contributed by atoms with Gasteiger partial charge >= 0.3 is 0 Å². The van der Waals surface area contributed by atoms with E-state index in [0.29, 0.717) is 18.0 Å². The first-order valence-corrected chi connectivity index (χ1v) is 13.4. The van der Waals surface area contributed by atoms with Gasteiger partial charge in [-0.3, -0.25) is 4.79 Å². The minimum Gasteiger partial charge on any atom is -0.376 e. The third-order valence-electron chi connectivity index (χ3n) is 8.39. The molecule has 6 rings (SSSR count). The van der Waals surface area contributed by atoms with Crippen molar-refractivity contribution in [1.82, 2.24) is 4.57 Å². The Morgan fingerprint density at radius 3 is 2.37 bits per heavy atom. The molecule has 0 N–H and O–H groups in total. The number of carbonyl (C=O) groups excluding carboxylic acids is 1. The molecule has 0 radical (unpaired) electrons. The SMILES string of the molecule is CN(C(=O)c1cc2cc([C@H]3CCOC(C)(C)C3)ccc2n1C1(C#N)CC1c1ccccc1)c1ccccc1. The Balaban J connectivity index is 1.48. The van der Waals surface area contributed by atoms with Gasteiger partial charge in [0.15, 0.2) is 0 Å². The van der Waals surface area contributed by atoms with Crippen LogP contribution in [0.3, 0.4) is 0 Å². The predicted molar refractivity (Wildman–Crippen MR) is 151 cm³/mol. The summed E-state index contributed by atoms with van der Waals surface area (Å²) in [5.74, 6) is 0.323. The van der Waals surface area contributed by atoms with Crippen molar-refractivity contribution in [2.75, 3.05) is 18.6 Å². The van der Waals surface area contributed by atoms with Gasteiger partial charge in [0.25, 0.3) is 5.91 Å². The van der Waals surface area contributed by atoms with Gasteiger partial charge in [-0.25, -0.2) is 0 Å². The second-order valence-electron chi connectivity index (χ2n) is 11.4. The van der Waals surface area contributed by atoms with E-state index in [2.05, 4.69) is 50.2 Å². The number of anilines is 1. The quantitative estimate of drug-likeness (QED) is 0.295. The standard InChI is InChI=1S/C33H33N3O2/c1-32(2)20-25(16-17-38-32)24-14-15-29-26(18-24)19-30(31(37)35(3)27-12-8-5-9-13-27)36(29)33(22-34)21-28(33)23-10-6-4-7-11-23/h4-15,18-19,25,28H,16-17,20-21H2,1-3H3/t25-,28?,33?/m0/s1. The van der Waals surface area contributed by atoms with E-state index in [-0.39, 0.29) is 17.4 Å². The van der Waals surface area contributed by atoms with E-state index >= 15 is 0 Å². The number of hydrogen-bond acceptors (Lipinski definition) is 3. The maximum atomic E-state index is 14.0. The number of ether oxygens (including phenoxy) is 1. The number of benzene rings is 3. The van der Waals surface area contributed by atoms with Crippen LogP contribution in [-0.2, 0) is 10.3 Å². The molecule has 192 valence electrons. The lowest BCUT2D eigenvalue weighted by atomic mass is 9.83. The van der Waals surface area contributed by atoms with Crippen molar-refractivity contribution in [3.63, 3.8) is 0 Å². The zero-order chi connectivity index (χ0) is 26.5. The van der Waals surface area contributed by atoms with Gasteiger partial charge in [-0.1, -0.05) is 54.6 Å². The van der Waals surface area contributed by atoms with Gasteiger partial charge in [0, 0.05) is 30.6 Å². The highest BCUT2D eigenvalue weighted by molar-refractivity contribution is 6.08. The molecule has 5 heteroatoms. The summed E-state index contributed by atoms with van der Waals surface area (Å²) in [5, 5.41) is 11.6. The highest BCUT2D eigenvalue weighted by Gasteiger charge is 2.59. The third kappa shape index (κ3) is 4.10. The van der Waals surface area contributed by atoms with E-state index in [9.17, 15) is 10.1 Å². The first-order chi connectivity index (χ1) is 18.3. The van der Waals surface area contributed by atoms with E-state index < -0.39 is 5.54 Å². The predicted octanol–water partition coefficient (Wildman–Crippen LogP) is 7.00. The number of rotatable bonds is 5. The summed E-state index contributed by atoms with van der Waals surface area (Å²) in [6.45, 7) is 5.05. The van der Waals surface area contributed by atoms with Crippen LogP contribution in [0, 0.1) is 11.3 Å². The van der Waals surface area contributed by atoms with Crippen LogP contribution in [0.2, 0.25) is 0 Å². The Morgan fingerprint density at radius 2 is 1.68 bits per heavy atom. The molecule has 1 aromatic heterocycles. The topological polar surface area (TPSA) is 58.3 Å². The van der Waals surface area contributed by atoms with Gasteiger partial charge in [0.1, 0.15) is 11.2 Å². The fourth-order valence-corrected chi connectivity index (χ4v) is 6.28. The van der Waals surface area contributed by atoms with Gasteiger partial charge < -0.3 is 14.2 Å². The molecule has 4 aromatic rings. The smallest absolute Gasteiger partial charge is 0.274 e. The molecule has 3 aromatic carbocycles. The zero-order valence-electron chi connectivity index (χ0n) is 22.2. The Bertz CT molecular complexity index is 1530. The van der Waals surface area contributed by atoms with Crippen molar-refractivity contribution in [3.05, 3.63) is 102 Å². The number of hydrogen-bond donors (Lipinski definition) is 0. The zero-order valence-corrected chi connectivity index (χ0v) is 22.2. The molecule has 2 fully saturated rings. The van der Waals surface area contributed by atoms with Crippen LogP contribution in [-0.4, -0.2) is 29.7 Å². The van der Waals surface area contributed by atoms with Crippen LogP contribution in [0.25, 0.3) is 10.9 Å². The van der Waals surface area contributed by atoms with Gasteiger partial charge in [-0.15, -0.1) is 0 Å². The molecule has 1 amide bonds. The molecular formula is C33H33N3O2. The summed E-state index contributed by atoms with van der Waals surface area (Å²) in [5.41, 5.74) is 3.76. The van der Waals surface area contributed by atoms with E-state index in [1.807, 2.05) is 59.2 Å². The van der Waals surface area contributed by atoms with Crippen molar-refractivity contribution in [3.8, 4) is 6.07 Å². The molecule has 5 nitrogen and oxygen atoms in total. The van der Waals surface area contributed by atoms with Crippen molar-refractivity contribution >= 4 is 22.5 Å². The fourth-order valence-electron chi connectivity index (χ4n) is 6.28. The Morgan fingerprint density at radius 1 is 0.974 bits per heavy atom. The van der Waals surface area contributed by atoms with Gasteiger partial charge in [-0.05, 0) is 80.5 Å². The first kappa shape index (κ1) is 24.5. The molecule has 38 heavy (non-hydrogen) atoms. The van der Waals surface area contributed by atoms with Gasteiger partial charge in [0.2, 0.25) is 0 Å². The van der Waals surface area contributed by atoms with Crippen molar-refractivity contribution in [2.45, 2.75) is 56.1 Å². The number of carbonyl (C=O) groups is 1. The summed E-state index contributed by atoms with van der Waals surface area (Å²) < 4.78 is 7.99. The lowest BCUT2D eigenvalue weighted by molar-refractivity contribution is -0.0592. The van der Waals surface area contributed by atoms with Crippen molar-refractivity contribution < 1.29 is 9.53 Å². The minimum atomic E-state index is -0.798. The summed E-state index contributed by atoms with van der Waals surface area (Å²) in [7, 11) is 1.80. The average molecular weight is 504 g/mol. The van der Waals surface area contributed by atoms with Crippen LogP contribution in [0.5, 0.6) is 0 Å². The number of para-hydroxylation sites is 1. The second kappa shape index (κ2) is 9.15. The number of nitrogens with zero attached hydrogens (tertiary/aromatic N) is 3. The second-order valence-corrected chi connectivity index (χ2v) is 11.4. The molecule has 1 saturated heterocycles. The Hall–Kier alpha value is -3.88. The van der Waals surface area contributed by atoms with Crippen LogP contribution < -0.4 is 4.90 Å². The summed E-state index contributed by atoms with van der Waals surface area (Å²) in [6, 6.07) is 31.0. The average Bonchev–Trinajstić information content (AvgIpc) is 3.56. The van der Waals surface area contributed by atoms with Crippen molar-refractivity contribution in [2.24, 2.45) is 0 Å². The number of fused-ring (bicyclic) bond motifs is 1. The minimum absolute atomic E-state index is 0.0360. The lowest BCUT2D eigenvalue weighted by Gasteiger charge is -2.35. The normalized spacial score (nSPS) is 24.1. The maximum Gasteiger partial charge on any atom is 0.274 e. The molecule has 2 aliphatic rings. The molecule has 1 aliphatic heterocycles. The van der Waals surface area contributed by atoms with Gasteiger partial charge in [-0.2, -0.15) is 5.26 Å². The van der Waals surface area contributed by atoms with Crippen LogP contribution in [0.15, 0.2) is 84.9 Å². The van der Waals surface area contributed by atoms with E-state index in [0.717, 1.165) is 41.6 Å². The third-order valence-corrected chi connectivity index (χ3v) is 8.39. The first-order valence-electron chi connectivity index (χ1n) is 13.4. The van der Waals surface area contributed by atoms with Crippen LogP contribution >= 0.6 is 0 Å². The highest BCUT2D eigenvalue weighted by Crippen LogP contribution is 2.58. The lowest BCUT2D eigenvalue weighted by Crippen LogP contribution is -2.33. The Labute approximate surface area is 224 Å². The molecule has 1 aliphatic carbocycles. The fraction of sp³-hybridized carbons (Fsp3) is 0.333. The molecule has 0 spiro atoms. The van der Waals surface area contributed by atoms with Crippen molar-refractivity contribution in [1.29, 1.82) is 5.26 Å². The number of aromatic nitrogens is 1. The largest absolute Gasteiger partial charge is 0.376 e. The summed E-state index contributed by atoms with van der Waals surface area (Å²) in [6.07, 6.45) is 2.62. The molecule has 0 bridgehead atoms. The molecule has 1 saturated carbocycles. The van der Waals surface area contributed by atoms with Crippen LogP contribution in [0.1, 0.15) is 66.6 Å². The van der Waals surface area contributed by atoms with Crippen LogP contribution in [0.4, 0.5) is 5.69 Å². The molecule has 3 atom stereocenters. The Kier molecular flexibility index (Phi) is 5.89. The summed E-state index contributed by atoms with van der Waals surface area (Å²) >= 11 is 0.